The van der Waals surface area contributed by atoms with Crippen molar-refractivity contribution in [2.24, 2.45) is 5.92 Å². The first-order chi connectivity index (χ1) is 23.3. The molecule has 1 atom stereocenters. The van der Waals surface area contributed by atoms with Crippen LogP contribution in [0.5, 0.6) is 11.5 Å². The predicted octanol–water partition coefficient (Wildman–Crippen LogP) is 6.93. The summed E-state index contributed by atoms with van der Waals surface area (Å²) in [5, 5.41) is 3.59. The number of methoxy groups -OCH3 is 2. The molecule has 12 heteroatoms. The Hall–Kier alpha value is -4.25. The third-order valence-corrected chi connectivity index (χ3v) is 10.4. The fourth-order valence-electron chi connectivity index (χ4n) is 5.16. The molecule has 0 aliphatic carbocycles. The van der Waals surface area contributed by atoms with Gasteiger partial charge in [-0.05, 0) is 60.4 Å². The number of aryl methyl sites for hydroxylation is 1. The van der Waals surface area contributed by atoms with Gasteiger partial charge in [0.15, 0.2) is 11.5 Å². The molecule has 49 heavy (non-hydrogen) atoms. The number of benzene rings is 4. The quantitative estimate of drug-likeness (QED) is 0.143. The molecule has 0 fully saturated rings. The molecule has 0 aromatic heterocycles. The first-order valence-corrected chi connectivity index (χ1v) is 17.9. The Morgan fingerprint density at radius 1 is 0.816 bits per heavy atom. The van der Waals surface area contributed by atoms with Gasteiger partial charge in [0.1, 0.15) is 12.6 Å². The number of nitrogens with one attached hydrogen (secondary N) is 1. The average molecular weight is 727 g/mol. The number of sulfonamides is 1. The van der Waals surface area contributed by atoms with E-state index in [1.807, 2.05) is 51.1 Å². The van der Waals surface area contributed by atoms with E-state index in [9.17, 15) is 18.0 Å². The molecular weight excluding hydrogens is 685 g/mol. The lowest BCUT2D eigenvalue weighted by Crippen LogP contribution is -2.53. The maximum Gasteiger partial charge on any atom is 0.264 e. The van der Waals surface area contributed by atoms with E-state index in [0.29, 0.717) is 22.9 Å². The molecule has 4 aromatic rings. The van der Waals surface area contributed by atoms with Crippen LogP contribution in [0.15, 0.2) is 95.9 Å². The van der Waals surface area contributed by atoms with Crippen LogP contribution in [0, 0.1) is 12.8 Å². The van der Waals surface area contributed by atoms with E-state index in [2.05, 4.69) is 5.32 Å². The molecule has 4 aromatic carbocycles. The summed E-state index contributed by atoms with van der Waals surface area (Å²) in [6.07, 6.45) is 0.179. The van der Waals surface area contributed by atoms with E-state index >= 15 is 0 Å². The van der Waals surface area contributed by atoms with Crippen LogP contribution < -0.4 is 19.1 Å². The molecule has 4 rings (SSSR count). The van der Waals surface area contributed by atoms with Crippen LogP contribution in [0.4, 0.5) is 5.69 Å². The van der Waals surface area contributed by atoms with Gasteiger partial charge >= 0.3 is 0 Å². The van der Waals surface area contributed by atoms with Crippen LogP contribution in [0.1, 0.15) is 30.5 Å². The van der Waals surface area contributed by atoms with Crippen LogP contribution >= 0.6 is 23.2 Å². The van der Waals surface area contributed by atoms with Crippen molar-refractivity contribution in [3.05, 3.63) is 118 Å². The largest absolute Gasteiger partial charge is 0.493 e. The lowest BCUT2D eigenvalue weighted by Gasteiger charge is -2.34. The monoisotopic (exact) mass is 725 g/mol. The number of anilines is 1. The Morgan fingerprint density at radius 2 is 1.49 bits per heavy atom. The van der Waals surface area contributed by atoms with E-state index in [-0.39, 0.29) is 46.1 Å². The molecule has 2 amide bonds. The zero-order valence-electron chi connectivity index (χ0n) is 28.2. The van der Waals surface area contributed by atoms with E-state index in [1.165, 1.54) is 37.3 Å². The van der Waals surface area contributed by atoms with Gasteiger partial charge in [0.05, 0.1) is 34.8 Å². The Morgan fingerprint density at radius 3 is 2.10 bits per heavy atom. The highest BCUT2D eigenvalue weighted by molar-refractivity contribution is 7.92. The summed E-state index contributed by atoms with van der Waals surface area (Å²) in [5.41, 5.74) is 2.47. The summed E-state index contributed by atoms with van der Waals surface area (Å²) >= 11 is 12.6. The highest BCUT2D eigenvalue weighted by Gasteiger charge is 2.35. The van der Waals surface area contributed by atoms with Gasteiger partial charge in [0, 0.05) is 25.6 Å². The van der Waals surface area contributed by atoms with Gasteiger partial charge in [-0.1, -0.05) is 91.1 Å². The van der Waals surface area contributed by atoms with Crippen LogP contribution in [0.3, 0.4) is 0 Å². The molecule has 1 N–H and O–H groups in total. The van der Waals surface area contributed by atoms with E-state index in [4.69, 9.17) is 32.7 Å². The number of hydrogen-bond acceptors (Lipinski definition) is 6. The van der Waals surface area contributed by atoms with Crippen LogP contribution in [-0.4, -0.2) is 58.5 Å². The summed E-state index contributed by atoms with van der Waals surface area (Å²) < 4.78 is 40.6. The summed E-state index contributed by atoms with van der Waals surface area (Å²) in [5.74, 6) is -0.168. The van der Waals surface area contributed by atoms with Gasteiger partial charge in [-0.3, -0.25) is 13.9 Å². The minimum Gasteiger partial charge on any atom is -0.493 e. The summed E-state index contributed by atoms with van der Waals surface area (Å²) in [6.45, 7) is 5.51. The van der Waals surface area contributed by atoms with Crippen molar-refractivity contribution in [3.63, 3.8) is 0 Å². The minimum absolute atomic E-state index is 0.00719. The van der Waals surface area contributed by atoms with Crippen molar-refractivity contribution < 1.29 is 27.5 Å². The topological polar surface area (TPSA) is 105 Å². The number of ether oxygens (including phenoxy) is 2. The number of amides is 2. The Labute approximate surface area is 298 Å². The standard InChI is InChI=1S/C37H41Cl2N3O6S/c1-25(2)22-40-37(44)33(20-27-9-7-6-8-10-27)41(23-28-13-17-31(38)32(39)19-28)36(43)24-42(29-14-18-34(47-4)35(21-29)48-5)49(45,46)30-15-11-26(3)12-16-30/h6-19,21,25,33H,20,22-24H2,1-5H3,(H,40,44)/t33-/m0/s1. The molecule has 0 spiro atoms. The molecule has 0 heterocycles. The zero-order chi connectivity index (χ0) is 35.7. The number of hydrogen-bond donors (Lipinski definition) is 1. The third-order valence-electron chi connectivity index (χ3n) is 7.84. The highest BCUT2D eigenvalue weighted by Crippen LogP contribution is 2.34. The minimum atomic E-state index is -4.31. The summed E-state index contributed by atoms with van der Waals surface area (Å²) in [7, 11) is -1.39. The molecule has 9 nitrogen and oxygen atoms in total. The number of carbonyl (C=O) groups is 2. The second-order valence-corrected chi connectivity index (χ2v) is 14.7. The molecule has 0 unspecified atom stereocenters. The number of rotatable bonds is 15. The normalized spacial score (nSPS) is 11.9. The van der Waals surface area contributed by atoms with Crippen molar-refractivity contribution in [3.8, 4) is 11.5 Å². The van der Waals surface area contributed by atoms with Gasteiger partial charge < -0.3 is 19.7 Å². The molecule has 260 valence electrons. The Bertz CT molecular complexity index is 1850. The highest BCUT2D eigenvalue weighted by atomic mass is 35.5. The van der Waals surface area contributed by atoms with Crippen molar-refractivity contribution in [2.45, 2.75) is 44.7 Å². The van der Waals surface area contributed by atoms with Crippen LogP contribution in [0.2, 0.25) is 10.0 Å². The first kappa shape index (κ1) is 37.6. The summed E-state index contributed by atoms with van der Waals surface area (Å²) in [4.78, 5) is 30.0. The van der Waals surface area contributed by atoms with E-state index < -0.39 is 28.5 Å². The van der Waals surface area contributed by atoms with Crippen LogP contribution in [-0.2, 0) is 32.6 Å². The van der Waals surface area contributed by atoms with Crippen LogP contribution in [0.25, 0.3) is 0 Å². The van der Waals surface area contributed by atoms with Gasteiger partial charge in [-0.15, -0.1) is 0 Å². The van der Waals surface area contributed by atoms with Gasteiger partial charge in [-0.2, -0.15) is 0 Å². The van der Waals surface area contributed by atoms with E-state index in [0.717, 1.165) is 15.4 Å². The number of carbonyl (C=O) groups excluding carboxylic acids is 2. The average Bonchev–Trinajstić information content (AvgIpc) is 3.09. The maximum absolute atomic E-state index is 14.7. The van der Waals surface area contributed by atoms with Crippen molar-refractivity contribution in [2.75, 3.05) is 31.6 Å². The van der Waals surface area contributed by atoms with Crippen molar-refractivity contribution >= 4 is 50.7 Å². The predicted molar refractivity (Wildman–Crippen MR) is 194 cm³/mol. The number of nitrogens with zero attached hydrogens (tertiary/aromatic N) is 2. The SMILES string of the molecule is COc1ccc(N(CC(=O)N(Cc2ccc(Cl)c(Cl)c2)[C@@H](Cc2ccccc2)C(=O)NCC(C)C)S(=O)(=O)c2ccc(C)cc2)cc1OC. The Kier molecular flexibility index (Phi) is 13.0. The third kappa shape index (κ3) is 9.68. The molecular formula is C37H41Cl2N3O6S. The lowest BCUT2D eigenvalue weighted by atomic mass is 10.0. The molecule has 0 saturated heterocycles. The van der Waals surface area contributed by atoms with Gasteiger partial charge in [0.25, 0.3) is 10.0 Å². The first-order valence-electron chi connectivity index (χ1n) is 15.7. The molecule has 0 bridgehead atoms. The molecule has 0 aliphatic rings. The second kappa shape index (κ2) is 16.9. The Balaban J connectivity index is 1.85. The van der Waals surface area contributed by atoms with Crippen molar-refractivity contribution in [1.29, 1.82) is 0 Å². The van der Waals surface area contributed by atoms with E-state index in [1.54, 1.807) is 42.5 Å². The smallest absolute Gasteiger partial charge is 0.264 e. The zero-order valence-corrected chi connectivity index (χ0v) is 30.5. The second-order valence-electron chi connectivity index (χ2n) is 12.0. The fourth-order valence-corrected chi connectivity index (χ4v) is 6.88. The number of halogens is 2. The van der Waals surface area contributed by atoms with Gasteiger partial charge in [-0.25, -0.2) is 8.42 Å². The molecule has 0 radical (unpaired) electrons. The molecule has 0 aliphatic heterocycles. The summed E-state index contributed by atoms with van der Waals surface area (Å²) in [6, 6.07) is 24.3. The maximum atomic E-state index is 14.7. The van der Waals surface area contributed by atoms with Crippen molar-refractivity contribution in [1.82, 2.24) is 10.2 Å². The molecule has 0 saturated carbocycles. The lowest BCUT2D eigenvalue weighted by molar-refractivity contribution is -0.140. The van der Waals surface area contributed by atoms with Gasteiger partial charge in [0.2, 0.25) is 11.8 Å². The fraction of sp³-hybridized carbons (Fsp3) is 0.297.